The number of rotatable bonds is 4. The van der Waals surface area contributed by atoms with Crippen LogP contribution in [0.3, 0.4) is 0 Å². The molecule has 0 saturated carbocycles. The topological polar surface area (TPSA) is 0 Å². The summed E-state index contributed by atoms with van der Waals surface area (Å²) < 4.78 is 0. The average molecular weight is 443 g/mol. The quantitative estimate of drug-likeness (QED) is 0.238. The van der Waals surface area contributed by atoms with E-state index in [2.05, 4.69) is 111 Å². The number of hydrogen-bond donors (Lipinski definition) is 0. The maximum atomic E-state index is 2.43. The lowest BCUT2D eigenvalue weighted by molar-refractivity contribution is 1.15. The van der Waals surface area contributed by atoms with Crippen LogP contribution >= 0.6 is 11.3 Å². The molecule has 0 fully saturated rings. The zero-order chi connectivity index (χ0) is 22.4. The zero-order valence-corrected chi connectivity index (χ0v) is 19.9. The second-order valence-electron chi connectivity index (χ2n) is 8.66. The highest BCUT2D eigenvalue weighted by molar-refractivity contribution is 7.18. The molecule has 33 heavy (non-hydrogen) atoms. The van der Waals surface area contributed by atoms with Crippen molar-refractivity contribution in [1.82, 2.24) is 0 Å². The van der Waals surface area contributed by atoms with Crippen molar-refractivity contribution in [3.63, 3.8) is 0 Å². The summed E-state index contributed by atoms with van der Waals surface area (Å²) in [6, 6.07) is 35.9. The second kappa shape index (κ2) is 8.17. The van der Waals surface area contributed by atoms with Gasteiger partial charge in [0.25, 0.3) is 0 Å². The van der Waals surface area contributed by atoms with E-state index in [0.717, 1.165) is 12.8 Å². The molecule has 1 heterocycles. The van der Waals surface area contributed by atoms with Crippen LogP contribution < -0.4 is 0 Å². The minimum Gasteiger partial charge on any atom is -0.135 e. The fourth-order valence-corrected chi connectivity index (χ4v) is 6.39. The predicted molar refractivity (Wildman–Crippen MR) is 146 cm³/mol. The molecule has 1 heteroatoms. The molecule has 0 N–H and O–H groups in total. The number of aryl methyl sites for hydroxylation is 2. The minimum atomic E-state index is 1.04. The van der Waals surface area contributed by atoms with Crippen LogP contribution in [0.25, 0.3) is 53.2 Å². The van der Waals surface area contributed by atoms with E-state index in [-0.39, 0.29) is 0 Å². The van der Waals surface area contributed by atoms with E-state index in [1.54, 1.807) is 0 Å². The summed E-state index contributed by atoms with van der Waals surface area (Å²) in [5.74, 6) is 0. The van der Waals surface area contributed by atoms with Crippen molar-refractivity contribution >= 4 is 43.7 Å². The lowest BCUT2D eigenvalue weighted by Crippen LogP contribution is -1.94. The third kappa shape index (κ3) is 3.27. The predicted octanol–water partition coefficient (Wildman–Crippen LogP) is 9.67. The van der Waals surface area contributed by atoms with E-state index < -0.39 is 0 Å². The van der Waals surface area contributed by atoms with Gasteiger partial charge >= 0.3 is 0 Å². The van der Waals surface area contributed by atoms with E-state index in [1.165, 1.54) is 64.3 Å². The highest BCUT2D eigenvalue weighted by Crippen LogP contribution is 2.40. The first-order chi connectivity index (χ1) is 16.3. The molecule has 0 amide bonds. The molecule has 0 aliphatic rings. The molecule has 0 aliphatic carbocycles. The van der Waals surface area contributed by atoms with Gasteiger partial charge in [0.15, 0.2) is 0 Å². The summed E-state index contributed by atoms with van der Waals surface area (Å²) in [6.45, 7) is 4.56. The standard InChI is InChI=1S/C32H26S/c1-3-23-26-13-7-8-14-27(26)24(4-2)30-20-22(16-17-28(23)30)31-18-19-32(33-31)29-15-9-11-21-10-5-6-12-25(21)29/h5-20H,3-4H2,1-2H3. The van der Waals surface area contributed by atoms with Crippen LogP contribution in [0.5, 0.6) is 0 Å². The normalized spacial score (nSPS) is 11.6. The molecule has 5 aromatic carbocycles. The molecular weight excluding hydrogens is 416 g/mol. The molecule has 0 bridgehead atoms. The fourth-order valence-electron chi connectivity index (χ4n) is 5.35. The molecule has 6 aromatic rings. The third-order valence-corrected chi connectivity index (χ3v) is 8.07. The van der Waals surface area contributed by atoms with Crippen molar-refractivity contribution in [3.8, 4) is 20.9 Å². The number of hydrogen-bond acceptors (Lipinski definition) is 1. The van der Waals surface area contributed by atoms with Crippen molar-refractivity contribution in [2.45, 2.75) is 26.7 Å². The highest BCUT2D eigenvalue weighted by atomic mass is 32.1. The maximum absolute atomic E-state index is 2.43. The van der Waals surface area contributed by atoms with Gasteiger partial charge in [-0.1, -0.05) is 92.7 Å². The minimum absolute atomic E-state index is 1.04. The van der Waals surface area contributed by atoms with Crippen LogP contribution in [0, 0.1) is 0 Å². The molecule has 160 valence electrons. The summed E-state index contributed by atoms with van der Waals surface area (Å²) >= 11 is 1.89. The smallest absolute Gasteiger partial charge is 0.0355 e. The third-order valence-electron chi connectivity index (χ3n) is 6.90. The number of thiophene rings is 1. The van der Waals surface area contributed by atoms with Gasteiger partial charge in [0.2, 0.25) is 0 Å². The Balaban J connectivity index is 1.53. The molecule has 0 spiro atoms. The number of fused-ring (bicyclic) bond motifs is 3. The van der Waals surface area contributed by atoms with Gasteiger partial charge in [-0.15, -0.1) is 11.3 Å². The van der Waals surface area contributed by atoms with Gasteiger partial charge in [-0.3, -0.25) is 0 Å². The van der Waals surface area contributed by atoms with Crippen molar-refractivity contribution in [2.75, 3.05) is 0 Å². The van der Waals surface area contributed by atoms with Gasteiger partial charge in [-0.25, -0.2) is 0 Å². The van der Waals surface area contributed by atoms with Gasteiger partial charge in [0, 0.05) is 9.75 Å². The lowest BCUT2D eigenvalue weighted by atomic mass is 9.88. The first-order valence-corrected chi connectivity index (χ1v) is 12.6. The van der Waals surface area contributed by atoms with Crippen LogP contribution in [-0.2, 0) is 12.8 Å². The summed E-state index contributed by atoms with van der Waals surface area (Å²) in [5.41, 5.74) is 5.56. The Hall–Kier alpha value is -3.42. The molecular formula is C32H26S. The Bertz CT molecular complexity index is 1630. The summed E-state index contributed by atoms with van der Waals surface area (Å²) in [7, 11) is 0. The maximum Gasteiger partial charge on any atom is 0.0355 e. The van der Waals surface area contributed by atoms with Crippen LogP contribution in [0.1, 0.15) is 25.0 Å². The van der Waals surface area contributed by atoms with Crippen molar-refractivity contribution < 1.29 is 0 Å². The Morgan fingerprint density at radius 2 is 1.12 bits per heavy atom. The van der Waals surface area contributed by atoms with Gasteiger partial charge in [0.1, 0.15) is 0 Å². The van der Waals surface area contributed by atoms with Gasteiger partial charge in [0.05, 0.1) is 0 Å². The first kappa shape index (κ1) is 20.2. The SMILES string of the molecule is CCc1c2ccccc2c(CC)c2cc(-c3ccc(-c4cccc5ccccc45)s3)ccc12. The molecule has 0 unspecified atom stereocenters. The lowest BCUT2D eigenvalue weighted by Gasteiger charge is -2.16. The Morgan fingerprint density at radius 1 is 0.515 bits per heavy atom. The molecule has 1 aromatic heterocycles. The van der Waals surface area contributed by atoms with Crippen molar-refractivity contribution in [3.05, 3.63) is 108 Å². The molecule has 0 aliphatic heterocycles. The monoisotopic (exact) mass is 442 g/mol. The number of benzene rings is 5. The molecule has 0 atom stereocenters. The van der Waals surface area contributed by atoms with Crippen LogP contribution in [0.15, 0.2) is 97.1 Å². The van der Waals surface area contributed by atoms with Crippen LogP contribution in [0.2, 0.25) is 0 Å². The Labute approximate surface area is 199 Å². The Kier molecular flexibility index (Phi) is 5.00. The van der Waals surface area contributed by atoms with Gasteiger partial charge < -0.3 is 0 Å². The van der Waals surface area contributed by atoms with Crippen molar-refractivity contribution in [1.29, 1.82) is 0 Å². The van der Waals surface area contributed by atoms with E-state index in [1.807, 2.05) is 11.3 Å². The van der Waals surface area contributed by atoms with E-state index in [4.69, 9.17) is 0 Å². The average Bonchev–Trinajstić information content (AvgIpc) is 3.36. The zero-order valence-electron chi connectivity index (χ0n) is 19.1. The fraction of sp³-hybridized carbons (Fsp3) is 0.125. The Morgan fingerprint density at radius 3 is 1.88 bits per heavy atom. The summed E-state index contributed by atoms with van der Waals surface area (Å²) in [4.78, 5) is 2.65. The van der Waals surface area contributed by atoms with E-state index >= 15 is 0 Å². The second-order valence-corrected chi connectivity index (χ2v) is 9.74. The van der Waals surface area contributed by atoms with Crippen LogP contribution in [0.4, 0.5) is 0 Å². The first-order valence-electron chi connectivity index (χ1n) is 11.8. The summed E-state index contributed by atoms with van der Waals surface area (Å²) in [5, 5.41) is 8.24. The van der Waals surface area contributed by atoms with Crippen LogP contribution in [-0.4, -0.2) is 0 Å². The largest absolute Gasteiger partial charge is 0.135 e. The van der Waals surface area contributed by atoms with Gasteiger partial charge in [-0.05, 0) is 85.6 Å². The highest BCUT2D eigenvalue weighted by Gasteiger charge is 2.14. The molecule has 6 rings (SSSR count). The summed E-state index contributed by atoms with van der Waals surface area (Å²) in [6.07, 6.45) is 2.08. The molecule has 0 nitrogen and oxygen atoms in total. The van der Waals surface area contributed by atoms with E-state index in [9.17, 15) is 0 Å². The van der Waals surface area contributed by atoms with E-state index in [0.29, 0.717) is 0 Å². The van der Waals surface area contributed by atoms with Crippen molar-refractivity contribution in [2.24, 2.45) is 0 Å². The molecule has 0 radical (unpaired) electrons. The van der Waals surface area contributed by atoms with Gasteiger partial charge in [-0.2, -0.15) is 0 Å². The molecule has 0 saturated heterocycles.